The molecule has 0 saturated carbocycles. The van der Waals surface area contributed by atoms with E-state index in [1.165, 1.54) is 11.8 Å². The molecule has 24 heavy (non-hydrogen) atoms. The van der Waals surface area contributed by atoms with Gasteiger partial charge in [-0.05, 0) is 42.3 Å². The van der Waals surface area contributed by atoms with Gasteiger partial charge in [-0.25, -0.2) is 4.98 Å². The van der Waals surface area contributed by atoms with Gasteiger partial charge in [0.2, 0.25) is 0 Å². The van der Waals surface area contributed by atoms with Gasteiger partial charge in [0.15, 0.2) is 5.78 Å². The molecule has 0 aliphatic carbocycles. The molecule has 0 N–H and O–H groups in total. The van der Waals surface area contributed by atoms with E-state index in [2.05, 4.69) is 11.1 Å². The number of carbonyl (C=O) groups is 2. The lowest BCUT2D eigenvalue weighted by Crippen LogP contribution is -2.13. The zero-order valence-electron chi connectivity index (χ0n) is 13.4. The molecule has 0 spiro atoms. The Morgan fingerprint density at radius 1 is 1.46 bits per heavy atom. The third-order valence-corrected chi connectivity index (χ3v) is 4.79. The number of aryl methyl sites for hydroxylation is 1. The van der Waals surface area contributed by atoms with Gasteiger partial charge < -0.3 is 4.74 Å². The molecule has 124 valence electrons. The van der Waals surface area contributed by atoms with Crippen LogP contribution in [0.2, 0.25) is 0 Å². The number of hydrogen-bond acceptors (Lipinski definition) is 7. The lowest BCUT2D eigenvalue weighted by atomic mass is 10.0. The third kappa shape index (κ3) is 4.66. The van der Waals surface area contributed by atoms with E-state index in [1.807, 2.05) is 29.8 Å². The van der Waals surface area contributed by atoms with Gasteiger partial charge in [0.1, 0.15) is 17.5 Å². The number of Topliss-reactive ketones (excluding diaryl/α,β-unsaturated/α-hetero) is 1. The van der Waals surface area contributed by atoms with E-state index < -0.39 is 5.97 Å². The van der Waals surface area contributed by atoms with Gasteiger partial charge in [-0.1, -0.05) is 11.8 Å². The highest BCUT2D eigenvalue weighted by Crippen LogP contribution is 2.32. The molecule has 0 radical (unpaired) electrons. The standard InChI is InChI=1S/C17H16N2O3S2/c1-3-22-16(21)7-13(20)10-24-17-15(8-18)14(6-11(2)19-17)12-4-5-23-9-12/h4-6,9H,3,7,10H2,1-2H3. The van der Waals surface area contributed by atoms with Gasteiger partial charge in [0, 0.05) is 11.3 Å². The molecule has 7 heteroatoms. The second kappa shape index (κ2) is 8.62. The van der Waals surface area contributed by atoms with Crippen LogP contribution >= 0.6 is 23.1 Å². The molecule has 0 amide bonds. The number of esters is 1. The summed E-state index contributed by atoms with van der Waals surface area (Å²) in [7, 11) is 0. The normalized spacial score (nSPS) is 10.2. The first kappa shape index (κ1) is 18.2. The fraction of sp³-hybridized carbons (Fsp3) is 0.294. The van der Waals surface area contributed by atoms with Gasteiger partial charge in [-0.2, -0.15) is 16.6 Å². The van der Waals surface area contributed by atoms with Crippen LogP contribution in [0.1, 0.15) is 24.6 Å². The van der Waals surface area contributed by atoms with Crippen LogP contribution in [0.25, 0.3) is 11.1 Å². The Labute approximate surface area is 148 Å². The molecule has 0 saturated heterocycles. The van der Waals surface area contributed by atoms with Crippen molar-refractivity contribution in [3.05, 3.63) is 34.2 Å². The number of nitrogens with zero attached hydrogens (tertiary/aromatic N) is 2. The van der Waals surface area contributed by atoms with Crippen molar-refractivity contribution in [2.24, 2.45) is 0 Å². The SMILES string of the molecule is CCOC(=O)CC(=O)CSc1nc(C)cc(-c2ccsc2)c1C#N. The lowest BCUT2D eigenvalue weighted by molar-refractivity contribution is -0.145. The van der Waals surface area contributed by atoms with E-state index in [0.717, 1.165) is 16.8 Å². The molecular weight excluding hydrogens is 344 g/mol. The van der Waals surface area contributed by atoms with Crippen molar-refractivity contribution in [1.82, 2.24) is 4.98 Å². The average molecular weight is 360 g/mol. The first-order valence-electron chi connectivity index (χ1n) is 7.29. The number of pyridine rings is 1. The summed E-state index contributed by atoms with van der Waals surface area (Å²) in [6, 6.07) is 5.99. The number of thiophene rings is 1. The van der Waals surface area contributed by atoms with E-state index >= 15 is 0 Å². The van der Waals surface area contributed by atoms with Crippen molar-refractivity contribution >= 4 is 34.9 Å². The topological polar surface area (TPSA) is 80.1 Å². The third-order valence-electron chi connectivity index (χ3n) is 3.08. The number of ether oxygens (including phenoxy) is 1. The first-order valence-corrected chi connectivity index (χ1v) is 9.22. The van der Waals surface area contributed by atoms with Crippen molar-refractivity contribution in [3.8, 4) is 17.2 Å². The lowest BCUT2D eigenvalue weighted by Gasteiger charge is -2.09. The monoisotopic (exact) mass is 360 g/mol. The fourth-order valence-electron chi connectivity index (χ4n) is 2.08. The quantitative estimate of drug-likeness (QED) is 0.426. The van der Waals surface area contributed by atoms with Crippen LogP contribution < -0.4 is 0 Å². The van der Waals surface area contributed by atoms with E-state index in [9.17, 15) is 14.9 Å². The molecule has 0 atom stereocenters. The smallest absolute Gasteiger partial charge is 0.313 e. The van der Waals surface area contributed by atoms with E-state index in [0.29, 0.717) is 10.6 Å². The largest absolute Gasteiger partial charge is 0.466 e. The van der Waals surface area contributed by atoms with E-state index in [-0.39, 0.29) is 24.6 Å². The summed E-state index contributed by atoms with van der Waals surface area (Å²) in [5, 5.41) is 13.9. The minimum absolute atomic E-state index is 0.0764. The Hall–Kier alpha value is -2.17. The number of thioether (sulfide) groups is 1. The molecule has 0 aliphatic heterocycles. The summed E-state index contributed by atoms with van der Waals surface area (Å²) in [6.45, 7) is 3.79. The Bertz CT molecular complexity index is 780. The van der Waals surface area contributed by atoms with Crippen LogP contribution in [0.3, 0.4) is 0 Å². The van der Waals surface area contributed by atoms with Gasteiger partial charge in [0.25, 0.3) is 0 Å². The second-order valence-corrected chi connectivity index (χ2v) is 6.67. The molecule has 0 bridgehead atoms. The molecule has 2 aromatic rings. The maximum atomic E-state index is 11.9. The van der Waals surface area contributed by atoms with Gasteiger partial charge >= 0.3 is 5.97 Å². The van der Waals surface area contributed by atoms with Gasteiger partial charge in [0.05, 0.1) is 17.9 Å². The molecule has 0 aliphatic rings. The summed E-state index contributed by atoms with van der Waals surface area (Å²) >= 11 is 2.73. The minimum Gasteiger partial charge on any atom is -0.466 e. The summed E-state index contributed by atoms with van der Waals surface area (Å²) in [4.78, 5) is 27.6. The Morgan fingerprint density at radius 2 is 2.25 bits per heavy atom. The summed E-state index contributed by atoms with van der Waals surface area (Å²) < 4.78 is 4.76. The molecule has 0 fully saturated rings. The van der Waals surface area contributed by atoms with Crippen molar-refractivity contribution in [2.75, 3.05) is 12.4 Å². The minimum atomic E-state index is -0.528. The van der Waals surface area contributed by atoms with Gasteiger partial charge in [-0.15, -0.1) is 0 Å². The molecule has 2 heterocycles. The van der Waals surface area contributed by atoms with Crippen LogP contribution in [0.4, 0.5) is 0 Å². The van der Waals surface area contributed by atoms with Crippen LogP contribution in [0.15, 0.2) is 27.9 Å². The highest BCUT2D eigenvalue weighted by molar-refractivity contribution is 8.00. The number of aromatic nitrogens is 1. The number of rotatable bonds is 7. The fourth-order valence-corrected chi connectivity index (χ4v) is 3.64. The number of ketones is 1. The van der Waals surface area contributed by atoms with Crippen molar-refractivity contribution in [3.63, 3.8) is 0 Å². The second-order valence-electron chi connectivity index (χ2n) is 4.92. The molecule has 5 nitrogen and oxygen atoms in total. The van der Waals surface area contributed by atoms with Crippen LogP contribution in [-0.2, 0) is 14.3 Å². The Balaban J connectivity index is 2.17. The zero-order chi connectivity index (χ0) is 17.5. The first-order chi connectivity index (χ1) is 11.5. The summed E-state index contributed by atoms with van der Waals surface area (Å²) in [5.41, 5.74) is 3.00. The van der Waals surface area contributed by atoms with Crippen molar-refractivity contribution in [2.45, 2.75) is 25.3 Å². The maximum Gasteiger partial charge on any atom is 0.313 e. The summed E-state index contributed by atoms with van der Waals surface area (Å²) in [5.74, 6) is -0.699. The Morgan fingerprint density at radius 3 is 2.88 bits per heavy atom. The predicted molar refractivity (Wildman–Crippen MR) is 94.0 cm³/mol. The molecule has 0 unspecified atom stereocenters. The number of carbonyl (C=O) groups excluding carboxylic acids is 2. The highest BCUT2D eigenvalue weighted by Gasteiger charge is 2.16. The van der Waals surface area contributed by atoms with E-state index in [1.54, 1.807) is 18.3 Å². The van der Waals surface area contributed by atoms with Crippen LogP contribution in [0, 0.1) is 18.3 Å². The van der Waals surface area contributed by atoms with Crippen LogP contribution in [-0.4, -0.2) is 29.1 Å². The van der Waals surface area contributed by atoms with Crippen LogP contribution in [0.5, 0.6) is 0 Å². The van der Waals surface area contributed by atoms with Gasteiger partial charge in [-0.3, -0.25) is 9.59 Å². The number of nitriles is 1. The maximum absolute atomic E-state index is 11.9. The summed E-state index contributed by atoms with van der Waals surface area (Å²) in [6.07, 6.45) is -0.258. The highest BCUT2D eigenvalue weighted by atomic mass is 32.2. The molecule has 2 aromatic heterocycles. The molecule has 2 rings (SSSR count). The van der Waals surface area contributed by atoms with Crippen molar-refractivity contribution < 1.29 is 14.3 Å². The zero-order valence-corrected chi connectivity index (χ0v) is 15.0. The average Bonchev–Trinajstić information content (AvgIpc) is 3.06. The molecule has 0 aromatic carbocycles. The molecular formula is C17H16N2O3S2. The van der Waals surface area contributed by atoms with Crippen molar-refractivity contribution in [1.29, 1.82) is 5.26 Å². The Kier molecular flexibility index (Phi) is 6.53. The number of hydrogen-bond donors (Lipinski definition) is 0. The predicted octanol–water partition coefficient (Wildman–Crippen LogP) is 3.60. The van der Waals surface area contributed by atoms with E-state index in [4.69, 9.17) is 4.74 Å².